The van der Waals surface area contributed by atoms with E-state index in [-0.39, 0.29) is 28.7 Å². The number of rotatable bonds is 8. The number of anilines is 2. The van der Waals surface area contributed by atoms with E-state index in [0.717, 1.165) is 36.3 Å². The fourth-order valence-corrected chi connectivity index (χ4v) is 5.52. The van der Waals surface area contributed by atoms with Gasteiger partial charge in [0.2, 0.25) is 11.8 Å². The van der Waals surface area contributed by atoms with Gasteiger partial charge >= 0.3 is 0 Å². The number of thioether (sulfide) groups is 1. The second kappa shape index (κ2) is 11.5. The first-order valence-corrected chi connectivity index (χ1v) is 13.2. The predicted octanol–water partition coefficient (Wildman–Crippen LogP) is 6.36. The van der Waals surface area contributed by atoms with Gasteiger partial charge in [-0.25, -0.2) is 4.98 Å². The molecule has 0 aliphatic heterocycles. The number of benzene rings is 2. The summed E-state index contributed by atoms with van der Waals surface area (Å²) < 4.78 is 0. The molecule has 1 saturated carbocycles. The van der Waals surface area contributed by atoms with Crippen LogP contribution < -0.4 is 10.6 Å². The number of nitrogens with one attached hydrogen (secondary N) is 2. The summed E-state index contributed by atoms with van der Waals surface area (Å²) >= 11 is 2.68. The number of carbonyl (C=O) groups excluding carboxylic acids is 2. The van der Waals surface area contributed by atoms with E-state index in [0.29, 0.717) is 16.4 Å². The lowest BCUT2D eigenvalue weighted by molar-refractivity contribution is -0.384. The van der Waals surface area contributed by atoms with Crippen molar-refractivity contribution >= 4 is 51.4 Å². The van der Waals surface area contributed by atoms with Crippen LogP contribution in [0.15, 0.2) is 58.8 Å². The molecule has 1 atom stereocenters. The maximum Gasteiger partial charge on any atom is 0.270 e. The molecule has 35 heavy (non-hydrogen) atoms. The molecule has 1 aliphatic rings. The van der Waals surface area contributed by atoms with E-state index in [4.69, 9.17) is 0 Å². The van der Waals surface area contributed by atoms with Crippen LogP contribution in [0.5, 0.6) is 0 Å². The number of hydrogen-bond donors (Lipinski definition) is 2. The minimum Gasteiger partial charge on any atom is -0.326 e. The Morgan fingerprint density at radius 2 is 1.86 bits per heavy atom. The molecule has 8 nitrogen and oxygen atoms in total. The van der Waals surface area contributed by atoms with Crippen molar-refractivity contribution in [2.75, 3.05) is 10.6 Å². The van der Waals surface area contributed by atoms with Gasteiger partial charge in [0.1, 0.15) is 0 Å². The van der Waals surface area contributed by atoms with Gasteiger partial charge < -0.3 is 10.6 Å². The van der Waals surface area contributed by atoms with E-state index in [9.17, 15) is 19.7 Å². The summed E-state index contributed by atoms with van der Waals surface area (Å²) in [5.74, 6) is 0.000277. The number of nitrogens with zero attached hydrogens (tertiary/aromatic N) is 2. The van der Waals surface area contributed by atoms with E-state index < -0.39 is 4.92 Å². The normalized spacial score (nSPS) is 14.8. The third-order valence-corrected chi connectivity index (χ3v) is 7.74. The van der Waals surface area contributed by atoms with Crippen LogP contribution >= 0.6 is 23.1 Å². The van der Waals surface area contributed by atoms with Crippen molar-refractivity contribution in [1.29, 1.82) is 0 Å². The predicted molar refractivity (Wildman–Crippen MR) is 140 cm³/mol. The van der Waals surface area contributed by atoms with Gasteiger partial charge in [0.25, 0.3) is 5.69 Å². The van der Waals surface area contributed by atoms with E-state index in [2.05, 4.69) is 15.6 Å². The Bertz CT molecular complexity index is 1210. The number of carbonyl (C=O) groups is 2. The van der Waals surface area contributed by atoms with Gasteiger partial charge in [-0.05, 0) is 44.0 Å². The molecule has 1 fully saturated rings. The van der Waals surface area contributed by atoms with Crippen LogP contribution in [-0.2, 0) is 9.59 Å². The van der Waals surface area contributed by atoms with Crippen LogP contribution in [0.4, 0.5) is 16.5 Å². The molecule has 1 aliphatic carbocycles. The average Bonchev–Trinajstić information content (AvgIpc) is 3.34. The largest absolute Gasteiger partial charge is 0.326 e. The molecular formula is C25H26N4O4S2. The van der Waals surface area contributed by atoms with Crippen LogP contribution in [0.25, 0.3) is 11.3 Å². The van der Waals surface area contributed by atoms with E-state index in [1.165, 1.54) is 41.7 Å². The molecule has 4 rings (SSSR count). The number of thiazole rings is 1. The Labute approximate surface area is 211 Å². The highest BCUT2D eigenvalue weighted by Gasteiger charge is 2.21. The number of hydrogen-bond acceptors (Lipinski definition) is 7. The van der Waals surface area contributed by atoms with Crippen LogP contribution in [0.1, 0.15) is 39.0 Å². The zero-order valence-corrected chi connectivity index (χ0v) is 20.9. The highest BCUT2D eigenvalue weighted by molar-refractivity contribution is 8.00. The van der Waals surface area contributed by atoms with Gasteiger partial charge in [-0.2, -0.15) is 0 Å². The van der Waals surface area contributed by atoms with Gasteiger partial charge in [0.05, 0.1) is 15.9 Å². The third-order valence-electron chi connectivity index (χ3n) is 5.87. The second-order valence-electron chi connectivity index (χ2n) is 8.44. The zero-order chi connectivity index (χ0) is 24.8. The number of nitro benzene ring substituents is 1. The number of amides is 2. The molecule has 1 aromatic heterocycles. The molecule has 1 unspecified atom stereocenters. The third kappa shape index (κ3) is 6.67. The number of aromatic nitrogens is 1. The van der Waals surface area contributed by atoms with E-state index in [1.807, 2.05) is 31.2 Å². The van der Waals surface area contributed by atoms with Gasteiger partial charge in [-0.1, -0.05) is 31.4 Å². The smallest absolute Gasteiger partial charge is 0.270 e. The standard InChI is InChI=1S/C25H26N4O4S2/c1-16(35-21-12-10-19(11-13-21)26-24(31)17-6-3-2-4-7-17)23(30)28-25-27-22(15-34-25)18-8-5-9-20(14-18)29(32)33/h5,8-17H,2-4,6-7H2,1H3,(H,26,31)(H,27,28,30). The topological polar surface area (TPSA) is 114 Å². The van der Waals surface area contributed by atoms with Crippen molar-refractivity contribution in [3.8, 4) is 11.3 Å². The first-order valence-electron chi connectivity index (χ1n) is 11.5. The number of nitro groups is 1. The SMILES string of the molecule is CC(Sc1ccc(NC(=O)C2CCCCC2)cc1)C(=O)Nc1nc(-c2cccc([N+](=O)[O-])c2)cs1. The molecule has 3 aromatic rings. The van der Waals surface area contributed by atoms with Gasteiger partial charge in [-0.15, -0.1) is 23.1 Å². The lowest BCUT2D eigenvalue weighted by Gasteiger charge is -2.20. The zero-order valence-electron chi connectivity index (χ0n) is 19.2. The van der Waals surface area contributed by atoms with Gasteiger partial charge in [0.15, 0.2) is 5.13 Å². The minimum absolute atomic E-state index is 0.00863. The fraction of sp³-hybridized carbons (Fsp3) is 0.320. The van der Waals surface area contributed by atoms with Crippen LogP contribution in [0.3, 0.4) is 0 Å². The molecule has 182 valence electrons. The summed E-state index contributed by atoms with van der Waals surface area (Å²) in [5.41, 5.74) is 1.94. The van der Waals surface area contributed by atoms with Crippen molar-refractivity contribution in [1.82, 2.24) is 4.98 Å². The Morgan fingerprint density at radius 1 is 1.11 bits per heavy atom. The first-order chi connectivity index (χ1) is 16.9. The molecule has 0 saturated heterocycles. The summed E-state index contributed by atoms with van der Waals surface area (Å²) in [6.45, 7) is 1.81. The van der Waals surface area contributed by atoms with Crippen molar-refractivity contribution < 1.29 is 14.5 Å². The highest BCUT2D eigenvalue weighted by Crippen LogP contribution is 2.30. The summed E-state index contributed by atoms with van der Waals surface area (Å²) in [6.07, 6.45) is 5.36. The van der Waals surface area contributed by atoms with Crippen molar-refractivity contribution in [2.45, 2.75) is 49.2 Å². The summed E-state index contributed by atoms with van der Waals surface area (Å²) in [6, 6.07) is 13.8. The summed E-state index contributed by atoms with van der Waals surface area (Å²) in [4.78, 5) is 41.0. The molecule has 10 heteroatoms. The molecule has 0 radical (unpaired) electrons. The molecule has 2 aromatic carbocycles. The Balaban J connectivity index is 1.30. The van der Waals surface area contributed by atoms with E-state index in [1.54, 1.807) is 17.5 Å². The Morgan fingerprint density at radius 3 is 2.57 bits per heavy atom. The van der Waals surface area contributed by atoms with E-state index >= 15 is 0 Å². The monoisotopic (exact) mass is 510 g/mol. The van der Waals surface area contributed by atoms with Crippen LogP contribution in [0, 0.1) is 16.0 Å². The lowest BCUT2D eigenvalue weighted by atomic mass is 9.88. The molecule has 2 N–H and O–H groups in total. The molecule has 2 amide bonds. The molecule has 0 spiro atoms. The van der Waals surface area contributed by atoms with Crippen LogP contribution in [0.2, 0.25) is 0 Å². The van der Waals surface area contributed by atoms with Crippen molar-refractivity contribution in [2.24, 2.45) is 5.92 Å². The summed E-state index contributed by atoms with van der Waals surface area (Å²) in [7, 11) is 0. The maximum atomic E-state index is 12.7. The highest BCUT2D eigenvalue weighted by atomic mass is 32.2. The lowest BCUT2D eigenvalue weighted by Crippen LogP contribution is -2.24. The van der Waals surface area contributed by atoms with Gasteiger partial charge in [-0.3, -0.25) is 19.7 Å². The molecule has 0 bridgehead atoms. The van der Waals surface area contributed by atoms with Crippen molar-refractivity contribution in [3.05, 3.63) is 64.0 Å². The Kier molecular flexibility index (Phi) is 8.14. The first kappa shape index (κ1) is 24.9. The van der Waals surface area contributed by atoms with Gasteiger partial charge in [0, 0.05) is 39.6 Å². The second-order valence-corrected chi connectivity index (χ2v) is 10.7. The molecule has 1 heterocycles. The maximum absolute atomic E-state index is 12.7. The Hall–Kier alpha value is -3.24. The molecular weight excluding hydrogens is 484 g/mol. The number of non-ortho nitro benzene ring substituents is 1. The van der Waals surface area contributed by atoms with Crippen LogP contribution in [-0.4, -0.2) is 27.0 Å². The minimum atomic E-state index is -0.450. The van der Waals surface area contributed by atoms with Crippen molar-refractivity contribution in [3.63, 3.8) is 0 Å². The summed E-state index contributed by atoms with van der Waals surface area (Å²) in [5, 5.41) is 18.6. The quantitative estimate of drug-likeness (QED) is 0.207. The fourth-order valence-electron chi connectivity index (χ4n) is 3.93. The average molecular weight is 511 g/mol.